The number of Topliss-reactive ketones (excluding diaryl/α,β-unsaturated/α-hetero) is 1. The number of rotatable bonds is 8. The molecule has 1 amide bonds. The molecule has 1 aliphatic carbocycles. The van der Waals surface area contributed by atoms with Gasteiger partial charge in [0.1, 0.15) is 12.4 Å². The Morgan fingerprint density at radius 1 is 0.921 bits per heavy atom. The van der Waals surface area contributed by atoms with Crippen LogP contribution in [-0.4, -0.2) is 50.4 Å². The average molecular weight is 534 g/mol. The number of ether oxygens (including phenoxy) is 1. The molecule has 2 unspecified atom stereocenters. The van der Waals surface area contributed by atoms with E-state index in [4.69, 9.17) is 9.16 Å². The van der Waals surface area contributed by atoms with Crippen molar-refractivity contribution in [3.05, 3.63) is 59.7 Å². The van der Waals surface area contributed by atoms with E-state index >= 15 is 0 Å². The molecule has 0 N–H and O–H groups in total. The molecule has 6 heteroatoms. The molecule has 3 aliphatic rings. The number of carbonyl (C=O) groups excluding carboxylic acids is 2. The summed E-state index contributed by atoms with van der Waals surface area (Å²) in [6.07, 6.45) is 4.61. The molecule has 2 aliphatic heterocycles. The number of benzene rings is 2. The standard InChI is InChI=1S/C32H43NO4Si/c1-32(2,3)38(4,5)37-18-10-15-30(34)22-19-23-16-17-24(20-22)33(23)31(35)36-21-29-27-13-8-6-11-25(27)26-12-7-9-14-28(26)29/h6-9,11-14,22-24,29H,10,15-21H2,1-5H3. The summed E-state index contributed by atoms with van der Waals surface area (Å²) in [7, 11) is -1.78. The van der Waals surface area contributed by atoms with Gasteiger partial charge in [0.2, 0.25) is 0 Å². The lowest BCUT2D eigenvalue weighted by Gasteiger charge is -2.38. The average Bonchev–Trinajstić information content (AvgIpc) is 3.34. The van der Waals surface area contributed by atoms with Gasteiger partial charge >= 0.3 is 6.09 Å². The molecule has 2 saturated heterocycles. The molecular weight excluding hydrogens is 490 g/mol. The van der Waals surface area contributed by atoms with Crippen LogP contribution < -0.4 is 0 Å². The van der Waals surface area contributed by atoms with Gasteiger partial charge < -0.3 is 14.1 Å². The van der Waals surface area contributed by atoms with Crippen LogP contribution in [0.15, 0.2) is 48.5 Å². The van der Waals surface area contributed by atoms with E-state index in [9.17, 15) is 9.59 Å². The highest BCUT2D eigenvalue weighted by atomic mass is 28.4. The number of amides is 1. The summed E-state index contributed by atoms with van der Waals surface area (Å²) >= 11 is 0. The van der Waals surface area contributed by atoms with Gasteiger partial charge in [0.05, 0.1) is 0 Å². The number of piperidine rings is 1. The fraction of sp³-hybridized carbons (Fsp3) is 0.562. The molecule has 5 rings (SSSR count). The summed E-state index contributed by atoms with van der Waals surface area (Å²) in [5.41, 5.74) is 4.93. The smallest absolute Gasteiger partial charge is 0.410 e. The van der Waals surface area contributed by atoms with E-state index in [1.165, 1.54) is 22.3 Å². The van der Waals surface area contributed by atoms with E-state index in [2.05, 4.69) is 82.4 Å². The van der Waals surface area contributed by atoms with E-state index in [0.717, 1.165) is 32.1 Å². The highest BCUT2D eigenvalue weighted by molar-refractivity contribution is 6.74. The lowest BCUT2D eigenvalue weighted by molar-refractivity contribution is -0.125. The fourth-order valence-electron chi connectivity index (χ4n) is 6.40. The minimum absolute atomic E-state index is 0.0537. The third-order valence-electron chi connectivity index (χ3n) is 9.57. The molecule has 38 heavy (non-hydrogen) atoms. The Hall–Kier alpha value is -2.44. The van der Waals surface area contributed by atoms with Crippen molar-refractivity contribution in [3.63, 3.8) is 0 Å². The lowest BCUT2D eigenvalue weighted by Crippen LogP contribution is -2.48. The number of nitrogens with zero attached hydrogens (tertiary/aromatic N) is 1. The SMILES string of the molecule is CC(C)(C)[Si](C)(C)OCCCC(=O)C1CC2CCC(C1)N2C(=O)OCC1c2ccccc2-c2ccccc21. The molecule has 0 saturated carbocycles. The molecule has 2 atom stereocenters. The van der Waals surface area contributed by atoms with Crippen LogP contribution in [0, 0.1) is 5.92 Å². The Morgan fingerprint density at radius 2 is 1.47 bits per heavy atom. The number of fused-ring (bicyclic) bond motifs is 5. The van der Waals surface area contributed by atoms with Crippen molar-refractivity contribution in [1.82, 2.24) is 4.90 Å². The van der Waals surface area contributed by atoms with Gasteiger partial charge in [-0.3, -0.25) is 4.79 Å². The predicted octanol–water partition coefficient (Wildman–Crippen LogP) is 7.55. The topological polar surface area (TPSA) is 55.8 Å². The van der Waals surface area contributed by atoms with Gasteiger partial charge in [-0.25, -0.2) is 4.79 Å². The number of ketones is 1. The molecule has 2 aromatic rings. The quantitative estimate of drug-likeness (QED) is 0.260. The van der Waals surface area contributed by atoms with Gasteiger partial charge in [-0.1, -0.05) is 69.3 Å². The van der Waals surface area contributed by atoms with Crippen LogP contribution in [0.4, 0.5) is 4.79 Å². The maximum Gasteiger partial charge on any atom is 0.410 e. The zero-order chi connectivity index (χ0) is 27.1. The molecule has 2 bridgehead atoms. The monoisotopic (exact) mass is 533 g/mol. The first-order chi connectivity index (χ1) is 18.1. The molecular formula is C32H43NO4Si. The van der Waals surface area contributed by atoms with Crippen LogP contribution >= 0.6 is 0 Å². The van der Waals surface area contributed by atoms with E-state index < -0.39 is 8.32 Å². The maximum atomic E-state index is 13.3. The van der Waals surface area contributed by atoms with Gasteiger partial charge in [-0.2, -0.15) is 0 Å². The summed E-state index contributed by atoms with van der Waals surface area (Å²) in [5, 5.41) is 0.183. The normalized spacial score (nSPS) is 22.8. The third-order valence-corrected chi connectivity index (χ3v) is 14.1. The Kier molecular flexibility index (Phi) is 7.58. The van der Waals surface area contributed by atoms with Gasteiger partial charge in [0.15, 0.2) is 8.32 Å². The Morgan fingerprint density at radius 3 is 2.03 bits per heavy atom. The zero-order valence-electron chi connectivity index (χ0n) is 23.7. The van der Waals surface area contributed by atoms with Crippen LogP contribution in [0.25, 0.3) is 11.1 Å². The molecule has 5 nitrogen and oxygen atoms in total. The highest BCUT2D eigenvalue weighted by Crippen LogP contribution is 2.45. The summed E-state index contributed by atoms with van der Waals surface area (Å²) in [6.45, 7) is 12.2. The Balaban J connectivity index is 1.14. The second-order valence-corrected chi connectivity index (χ2v) is 17.8. The van der Waals surface area contributed by atoms with E-state index in [1.54, 1.807) is 0 Å². The summed E-state index contributed by atoms with van der Waals surface area (Å²) in [4.78, 5) is 28.3. The van der Waals surface area contributed by atoms with Crippen LogP contribution in [0.5, 0.6) is 0 Å². The van der Waals surface area contributed by atoms with Gasteiger partial charge in [-0.05, 0) is 72.5 Å². The van der Waals surface area contributed by atoms with Crippen molar-refractivity contribution in [2.24, 2.45) is 5.92 Å². The second kappa shape index (κ2) is 10.6. The summed E-state index contributed by atoms with van der Waals surface area (Å²) < 4.78 is 12.2. The lowest BCUT2D eigenvalue weighted by atomic mass is 9.86. The molecule has 0 aromatic heterocycles. The van der Waals surface area contributed by atoms with Gasteiger partial charge in [0.25, 0.3) is 0 Å². The van der Waals surface area contributed by atoms with Crippen LogP contribution in [0.1, 0.15) is 76.3 Å². The summed E-state index contributed by atoms with van der Waals surface area (Å²) in [6, 6.07) is 17.1. The molecule has 2 fully saturated rings. The van der Waals surface area contributed by atoms with Crippen molar-refractivity contribution in [1.29, 1.82) is 0 Å². The molecule has 204 valence electrons. The van der Waals surface area contributed by atoms with Crippen molar-refractivity contribution >= 4 is 20.2 Å². The van der Waals surface area contributed by atoms with Gasteiger partial charge in [-0.15, -0.1) is 0 Å². The van der Waals surface area contributed by atoms with Crippen LogP contribution in [0.2, 0.25) is 18.1 Å². The molecule has 0 radical (unpaired) electrons. The van der Waals surface area contributed by atoms with E-state index in [-0.39, 0.29) is 35.1 Å². The summed E-state index contributed by atoms with van der Waals surface area (Å²) in [5.74, 6) is 0.461. The molecule has 2 aromatic carbocycles. The third kappa shape index (κ3) is 5.22. The Bertz CT molecular complexity index is 1130. The largest absolute Gasteiger partial charge is 0.448 e. The molecule has 2 heterocycles. The first-order valence-corrected chi connectivity index (χ1v) is 17.3. The van der Waals surface area contributed by atoms with E-state index in [1.807, 2.05) is 4.90 Å². The predicted molar refractivity (Wildman–Crippen MR) is 154 cm³/mol. The number of hydrogen-bond acceptors (Lipinski definition) is 4. The number of carbonyl (C=O) groups is 2. The number of hydrogen-bond donors (Lipinski definition) is 0. The fourth-order valence-corrected chi connectivity index (χ4v) is 7.49. The highest BCUT2D eigenvalue weighted by Gasteiger charge is 2.46. The van der Waals surface area contributed by atoms with Crippen LogP contribution in [-0.2, 0) is 14.0 Å². The second-order valence-electron chi connectivity index (χ2n) is 12.9. The van der Waals surface area contributed by atoms with Crippen molar-refractivity contribution in [2.75, 3.05) is 13.2 Å². The van der Waals surface area contributed by atoms with Crippen molar-refractivity contribution in [3.8, 4) is 11.1 Å². The zero-order valence-corrected chi connectivity index (χ0v) is 24.7. The van der Waals surface area contributed by atoms with E-state index in [0.29, 0.717) is 25.4 Å². The maximum absolute atomic E-state index is 13.3. The van der Waals surface area contributed by atoms with Crippen molar-refractivity contribution in [2.45, 2.75) is 95.4 Å². The first kappa shape index (κ1) is 27.1. The minimum atomic E-state index is -1.78. The molecule has 0 spiro atoms. The first-order valence-electron chi connectivity index (χ1n) is 14.4. The minimum Gasteiger partial charge on any atom is -0.448 e. The Labute approximate surface area is 229 Å². The van der Waals surface area contributed by atoms with Crippen molar-refractivity contribution < 1.29 is 18.8 Å². The van der Waals surface area contributed by atoms with Gasteiger partial charge in [0, 0.05) is 36.9 Å². The van der Waals surface area contributed by atoms with Crippen LogP contribution in [0.3, 0.4) is 0 Å².